The van der Waals surface area contributed by atoms with Gasteiger partial charge in [-0.2, -0.15) is 0 Å². The zero-order valence-electron chi connectivity index (χ0n) is 11.3. The molecule has 0 saturated carbocycles. The molecule has 0 aliphatic heterocycles. The summed E-state index contributed by atoms with van der Waals surface area (Å²) in [6.45, 7) is 1.81. The highest BCUT2D eigenvalue weighted by Gasteiger charge is 2.22. The Morgan fingerprint density at radius 1 is 1.43 bits per heavy atom. The number of nitrogens with one attached hydrogen (secondary N) is 2. The van der Waals surface area contributed by atoms with Gasteiger partial charge in [-0.1, -0.05) is 11.6 Å². The minimum absolute atomic E-state index is 0.126. The Morgan fingerprint density at radius 3 is 2.76 bits per heavy atom. The Balaban J connectivity index is 2.12. The van der Waals surface area contributed by atoms with Crippen molar-refractivity contribution in [1.82, 2.24) is 15.3 Å². The van der Waals surface area contributed by atoms with Crippen LogP contribution in [-0.2, 0) is 11.2 Å². The monoisotopic (exact) mass is 307 g/mol. The smallest absolute Gasteiger partial charge is 0.326 e. The van der Waals surface area contributed by atoms with E-state index >= 15 is 0 Å². The molecule has 0 unspecified atom stereocenters. The summed E-state index contributed by atoms with van der Waals surface area (Å²) in [4.78, 5) is 30.0. The number of hydrogen-bond acceptors (Lipinski definition) is 3. The van der Waals surface area contributed by atoms with Gasteiger partial charge in [0.2, 0.25) is 0 Å². The van der Waals surface area contributed by atoms with E-state index in [9.17, 15) is 14.7 Å². The normalized spacial score (nSPS) is 11.9. The summed E-state index contributed by atoms with van der Waals surface area (Å²) in [5, 5.41) is 12.1. The first-order valence-electron chi connectivity index (χ1n) is 6.24. The number of H-pyrrole nitrogens is 1. The van der Waals surface area contributed by atoms with E-state index in [1.165, 1.54) is 18.6 Å². The summed E-state index contributed by atoms with van der Waals surface area (Å²) in [7, 11) is 0. The zero-order valence-corrected chi connectivity index (χ0v) is 12.0. The summed E-state index contributed by atoms with van der Waals surface area (Å²) in [5.74, 6) is -1.59. The van der Waals surface area contributed by atoms with E-state index in [4.69, 9.17) is 11.6 Å². The van der Waals surface area contributed by atoms with Gasteiger partial charge < -0.3 is 15.4 Å². The fraction of sp³-hybridized carbons (Fsp3) is 0.214. The average Bonchev–Trinajstić information content (AvgIpc) is 2.89. The highest BCUT2D eigenvalue weighted by Crippen LogP contribution is 2.14. The van der Waals surface area contributed by atoms with Crippen molar-refractivity contribution in [2.75, 3.05) is 0 Å². The lowest BCUT2D eigenvalue weighted by atomic mass is 10.1. The minimum Gasteiger partial charge on any atom is -0.480 e. The largest absolute Gasteiger partial charge is 0.480 e. The molecule has 0 bridgehead atoms. The number of aryl methyl sites for hydroxylation is 1. The first kappa shape index (κ1) is 15.1. The molecule has 0 aliphatic carbocycles. The maximum absolute atomic E-state index is 12.1. The third-order valence-electron chi connectivity index (χ3n) is 2.89. The maximum atomic E-state index is 12.1. The molecule has 0 fully saturated rings. The van der Waals surface area contributed by atoms with Crippen molar-refractivity contribution < 1.29 is 14.7 Å². The summed E-state index contributed by atoms with van der Waals surface area (Å²) >= 11 is 5.90. The standard InChI is InChI=1S/C14H14ClN3O3/c1-8-2-9(4-10(15)3-8)13(19)18-12(14(20)21)5-11-6-16-7-17-11/h2-4,6-7,12H,5H2,1H3,(H,16,17)(H,18,19)(H,20,21)/t12-/m1/s1. The van der Waals surface area contributed by atoms with Crippen LogP contribution in [0, 0.1) is 6.92 Å². The second-order valence-electron chi connectivity index (χ2n) is 4.66. The molecule has 7 heteroatoms. The first-order chi connectivity index (χ1) is 9.95. The van der Waals surface area contributed by atoms with Crippen molar-refractivity contribution in [3.05, 3.63) is 52.6 Å². The Morgan fingerprint density at radius 2 is 2.19 bits per heavy atom. The third kappa shape index (κ3) is 4.06. The molecule has 6 nitrogen and oxygen atoms in total. The zero-order chi connectivity index (χ0) is 15.4. The van der Waals surface area contributed by atoms with Crippen LogP contribution in [0.15, 0.2) is 30.7 Å². The van der Waals surface area contributed by atoms with Crippen LogP contribution in [-0.4, -0.2) is 33.0 Å². The van der Waals surface area contributed by atoms with Crippen molar-refractivity contribution in [2.45, 2.75) is 19.4 Å². The highest BCUT2D eigenvalue weighted by atomic mass is 35.5. The second kappa shape index (κ2) is 6.41. The van der Waals surface area contributed by atoms with E-state index < -0.39 is 17.9 Å². The van der Waals surface area contributed by atoms with E-state index in [1.54, 1.807) is 12.1 Å². The molecule has 1 heterocycles. The quantitative estimate of drug-likeness (QED) is 0.785. The van der Waals surface area contributed by atoms with Gasteiger partial charge in [0.15, 0.2) is 0 Å². The van der Waals surface area contributed by atoms with Gasteiger partial charge in [0, 0.05) is 28.9 Å². The molecular weight excluding hydrogens is 294 g/mol. The number of hydrogen-bond donors (Lipinski definition) is 3. The van der Waals surface area contributed by atoms with Gasteiger partial charge >= 0.3 is 5.97 Å². The molecule has 2 aromatic rings. The number of nitrogens with zero attached hydrogens (tertiary/aromatic N) is 1. The Kier molecular flexibility index (Phi) is 4.59. The Bertz CT molecular complexity index is 635. The Hall–Kier alpha value is -2.34. The fourth-order valence-electron chi connectivity index (χ4n) is 1.93. The van der Waals surface area contributed by atoms with E-state index in [1.807, 2.05) is 6.92 Å². The molecule has 0 spiro atoms. The second-order valence-corrected chi connectivity index (χ2v) is 5.10. The molecule has 21 heavy (non-hydrogen) atoms. The van der Waals surface area contributed by atoms with Crippen molar-refractivity contribution >= 4 is 23.5 Å². The summed E-state index contributed by atoms with van der Waals surface area (Å²) in [5.41, 5.74) is 1.79. The van der Waals surface area contributed by atoms with Crippen LogP contribution in [0.4, 0.5) is 0 Å². The molecule has 3 N–H and O–H groups in total. The number of benzene rings is 1. The molecule has 0 aliphatic rings. The molecule has 0 saturated heterocycles. The summed E-state index contributed by atoms with van der Waals surface area (Å²) in [6, 6.07) is 3.82. The van der Waals surface area contributed by atoms with E-state index in [0.717, 1.165) is 5.56 Å². The summed E-state index contributed by atoms with van der Waals surface area (Å²) in [6.07, 6.45) is 3.10. The minimum atomic E-state index is -1.11. The molecule has 1 aromatic carbocycles. The van der Waals surface area contributed by atoms with Crippen molar-refractivity contribution in [1.29, 1.82) is 0 Å². The van der Waals surface area contributed by atoms with Crippen LogP contribution < -0.4 is 5.32 Å². The van der Waals surface area contributed by atoms with Gasteiger partial charge in [0.05, 0.1) is 6.33 Å². The lowest BCUT2D eigenvalue weighted by molar-refractivity contribution is -0.139. The van der Waals surface area contributed by atoms with Crippen molar-refractivity contribution in [3.63, 3.8) is 0 Å². The molecule has 1 aromatic heterocycles. The number of carbonyl (C=O) groups excluding carboxylic acids is 1. The average molecular weight is 308 g/mol. The van der Waals surface area contributed by atoms with Gasteiger partial charge in [0.25, 0.3) is 5.91 Å². The third-order valence-corrected chi connectivity index (χ3v) is 3.10. The van der Waals surface area contributed by atoms with Crippen LogP contribution in [0.25, 0.3) is 0 Å². The molecule has 1 atom stereocenters. The van der Waals surface area contributed by atoms with Crippen LogP contribution in [0.2, 0.25) is 5.02 Å². The predicted molar refractivity (Wildman–Crippen MR) is 77.4 cm³/mol. The van der Waals surface area contributed by atoms with Crippen molar-refractivity contribution in [2.24, 2.45) is 0 Å². The SMILES string of the molecule is Cc1cc(Cl)cc(C(=O)N[C@H](Cc2cnc[nH]2)C(=O)O)c1. The molecule has 0 radical (unpaired) electrons. The number of carboxylic acids is 1. The predicted octanol–water partition coefficient (Wildman–Crippen LogP) is 1.80. The number of aliphatic carboxylic acids is 1. The molecule has 2 rings (SSSR count). The van der Waals surface area contributed by atoms with Crippen LogP contribution in [0.3, 0.4) is 0 Å². The van der Waals surface area contributed by atoms with Crippen molar-refractivity contribution in [3.8, 4) is 0 Å². The van der Waals surface area contributed by atoms with Gasteiger partial charge in [-0.15, -0.1) is 0 Å². The Labute approximate surface area is 126 Å². The van der Waals surface area contributed by atoms with E-state index in [-0.39, 0.29) is 6.42 Å². The molecule has 110 valence electrons. The van der Waals surface area contributed by atoms with Gasteiger partial charge in [0.1, 0.15) is 6.04 Å². The van der Waals surface area contributed by atoms with Gasteiger partial charge in [-0.25, -0.2) is 9.78 Å². The molecule has 1 amide bonds. The number of rotatable bonds is 5. The van der Waals surface area contributed by atoms with E-state index in [0.29, 0.717) is 16.3 Å². The number of carboxylic acid groups (broad SMARTS) is 1. The highest BCUT2D eigenvalue weighted by molar-refractivity contribution is 6.31. The number of aromatic nitrogens is 2. The van der Waals surface area contributed by atoms with Crippen LogP contribution >= 0.6 is 11.6 Å². The number of amides is 1. The topological polar surface area (TPSA) is 95.1 Å². The number of imidazole rings is 1. The first-order valence-corrected chi connectivity index (χ1v) is 6.61. The number of aromatic amines is 1. The maximum Gasteiger partial charge on any atom is 0.326 e. The van der Waals surface area contributed by atoms with Crippen LogP contribution in [0.5, 0.6) is 0 Å². The van der Waals surface area contributed by atoms with E-state index in [2.05, 4.69) is 15.3 Å². The fourth-order valence-corrected chi connectivity index (χ4v) is 2.21. The summed E-state index contributed by atoms with van der Waals surface area (Å²) < 4.78 is 0. The van der Waals surface area contributed by atoms with Crippen LogP contribution in [0.1, 0.15) is 21.6 Å². The molecular formula is C14H14ClN3O3. The number of halogens is 1. The lowest BCUT2D eigenvalue weighted by Crippen LogP contribution is -2.42. The van der Waals surface area contributed by atoms with Gasteiger partial charge in [-0.3, -0.25) is 4.79 Å². The lowest BCUT2D eigenvalue weighted by Gasteiger charge is -2.14. The number of carbonyl (C=O) groups is 2. The van der Waals surface area contributed by atoms with Gasteiger partial charge in [-0.05, 0) is 30.7 Å².